The van der Waals surface area contributed by atoms with E-state index in [4.69, 9.17) is 25.8 Å². The Hall–Kier alpha value is -2.40. The van der Waals surface area contributed by atoms with E-state index < -0.39 is 0 Å². The summed E-state index contributed by atoms with van der Waals surface area (Å²) in [6.07, 6.45) is 0.694. The van der Waals surface area contributed by atoms with Crippen LogP contribution >= 0.6 is 11.6 Å². The molecule has 0 atom stereocenters. The SMILES string of the molecule is CCOc1cc(C(=O)NCCc2cccc(Cl)c2)cc(OCC)c1OCC. The summed E-state index contributed by atoms with van der Waals surface area (Å²) >= 11 is 5.99. The number of halogens is 1. The number of rotatable bonds is 10. The van der Waals surface area contributed by atoms with Crippen LogP contribution < -0.4 is 19.5 Å². The number of nitrogens with one attached hydrogen (secondary N) is 1. The van der Waals surface area contributed by atoms with Crippen LogP contribution in [-0.4, -0.2) is 32.3 Å². The minimum Gasteiger partial charge on any atom is -0.490 e. The summed E-state index contributed by atoms with van der Waals surface area (Å²) < 4.78 is 17.0. The normalized spacial score (nSPS) is 10.4. The molecule has 0 aliphatic heterocycles. The van der Waals surface area contributed by atoms with Gasteiger partial charge < -0.3 is 19.5 Å². The van der Waals surface area contributed by atoms with Crippen LogP contribution in [0.5, 0.6) is 17.2 Å². The molecule has 0 saturated heterocycles. The topological polar surface area (TPSA) is 56.8 Å². The largest absolute Gasteiger partial charge is 0.490 e. The van der Waals surface area contributed by atoms with Gasteiger partial charge in [-0.1, -0.05) is 23.7 Å². The Morgan fingerprint density at radius 1 is 0.963 bits per heavy atom. The number of carbonyl (C=O) groups excluding carboxylic acids is 1. The molecular formula is C21H26ClNO4. The molecule has 0 saturated carbocycles. The summed E-state index contributed by atoms with van der Waals surface area (Å²) in [7, 11) is 0. The molecule has 0 radical (unpaired) electrons. The lowest BCUT2D eigenvalue weighted by Crippen LogP contribution is -2.25. The molecule has 146 valence electrons. The van der Waals surface area contributed by atoms with Crippen molar-refractivity contribution in [2.24, 2.45) is 0 Å². The zero-order valence-corrected chi connectivity index (χ0v) is 16.8. The van der Waals surface area contributed by atoms with Crippen LogP contribution in [0.4, 0.5) is 0 Å². The van der Waals surface area contributed by atoms with Gasteiger partial charge in [-0.25, -0.2) is 0 Å². The first kappa shape index (κ1) is 20.9. The van der Waals surface area contributed by atoms with Crippen LogP contribution in [0, 0.1) is 0 Å². The van der Waals surface area contributed by atoms with Crippen molar-refractivity contribution in [1.29, 1.82) is 0 Å². The van der Waals surface area contributed by atoms with E-state index in [1.165, 1.54) is 0 Å². The highest BCUT2D eigenvalue weighted by Crippen LogP contribution is 2.39. The molecule has 2 rings (SSSR count). The highest BCUT2D eigenvalue weighted by atomic mass is 35.5. The predicted octanol–water partition coefficient (Wildman–Crippen LogP) is 4.51. The Morgan fingerprint density at radius 3 is 2.15 bits per heavy atom. The smallest absolute Gasteiger partial charge is 0.251 e. The predicted molar refractivity (Wildman–Crippen MR) is 107 cm³/mol. The fourth-order valence-corrected chi connectivity index (χ4v) is 2.85. The van der Waals surface area contributed by atoms with E-state index in [2.05, 4.69) is 5.32 Å². The number of benzene rings is 2. The van der Waals surface area contributed by atoms with Gasteiger partial charge in [-0.3, -0.25) is 4.79 Å². The van der Waals surface area contributed by atoms with Gasteiger partial charge in [0.2, 0.25) is 5.75 Å². The van der Waals surface area contributed by atoms with Gasteiger partial charge in [0.25, 0.3) is 5.91 Å². The molecule has 0 bridgehead atoms. The molecule has 0 aliphatic rings. The number of hydrogen-bond acceptors (Lipinski definition) is 4. The fourth-order valence-electron chi connectivity index (χ4n) is 2.63. The molecule has 1 N–H and O–H groups in total. The second-order valence-corrected chi connectivity index (χ2v) is 6.17. The first-order chi connectivity index (χ1) is 13.1. The average Bonchev–Trinajstić information content (AvgIpc) is 2.64. The van der Waals surface area contributed by atoms with Crippen LogP contribution in [0.3, 0.4) is 0 Å². The third-order valence-corrected chi connectivity index (χ3v) is 3.99. The summed E-state index contributed by atoms with van der Waals surface area (Å²) in [4.78, 5) is 12.6. The molecule has 0 heterocycles. The number of hydrogen-bond donors (Lipinski definition) is 1. The lowest BCUT2D eigenvalue weighted by atomic mass is 10.1. The van der Waals surface area contributed by atoms with Crippen LogP contribution in [0.1, 0.15) is 36.7 Å². The number of ether oxygens (including phenoxy) is 3. The van der Waals surface area contributed by atoms with E-state index in [1.807, 2.05) is 45.0 Å². The van der Waals surface area contributed by atoms with Crippen LogP contribution in [-0.2, 0) is 6.42 Å². The standard InChI is InChI=1S/C21H26ClNO4/c1-4-25-18-13-16(14-19(26-5-2)20(18)27-6-3)21(24)23-11-10-15-8-7-9-17(22)12-15/h7-9,12-14H,4-6,10-11H2,1-3H3,(H,23,24). The fraction of sp³-hybridized carbons (Fsp3) is 0.381. The summed E-state index contributed by atoms with van der Waals surface area (Å²) in [5.74, 6) is 1.34. The van der Waals surface area contributed by atoms with Gasteiger partial charge in [0, 0.05) is 17.1 Å². The van der Waals surface area contributed by atoms with E-state index in [-0.39, 0.29) is 5.91 Å². The molecule has 0 fully saturated rings. The van der Waals surface area contributed by atoms with Gasteiger partial charge >= 0.3 is 0 Å². The first-order valence-electron chi connectivity index (χ1n) is 9.18. The maximum atomic E-state index is 12.6. The van der Waals surface area contributed by atoms with Crippen LogP contribution in [0.25, 0.3) is 0 Å². The van der Waals surface area contributed by atoms with Gasteiger partial charge in [-0.2, -0.15) is 0 Å². The molecule has 0 aromatic heterocycles. The highest BCUT2D eigenvalue weighted by Gasteiger charge is 2.18. The van der Waals surface area contributed by atoms with Crippen molar-refractivity contribution in [1.82, 2.24) is 5.32 Å². The summed E-state index contributed by atoms with van der Waals surface area (Å²) in [6.45, 7) is 7.56. The van der Waals surface area contributed by atoms with Gasteiger partial charge in [-0.15, -0.1) is 0 Å². The zero-order chi connectivity index (χ0) is 19.6. The van der Waals surface area contributed by atoms with Crippen molar-refractivity contribution in [2.75, 3.05) is 26.4 Å². The highest BCUT2D eigenvalue weighted by molar-refractivity contribution is 6.30. The Labute approximate surface area is 165 Å². The first-order valence-corrected chi connectivity index (χ1v) is 9.55. The maximum Gasteiger partial charge on any atom is 0.251 e. The van der Waals surface area contributed by atoms with E-state index >= 15 is 0 Å². The monoisotopic (exact) mass is 391 g/mol. The Balaban J connectivity index is 2.13. The molecule has 0 unspecified atom stereocenters. The molecule has 5 nitrogen and oxygen atoms in total. The zero-order valence-electron chi connectivity index (χ0n) is 16.0. The molecule has 0 aliphatic carbocycles. The van der Waals surface area contributed by atoms with Crippen molar-refractivity contribution < 1.29 is 19.0 Å². The Morgan fingerprint density at radius 2 is 1.59 bits per heavy atom. The van der Waals surface area contributed by atoms with Gasteiger partial charge in [-0.05, 0) is 57.0 Å². The van der Waals surface area contributed by atoms with Gasteiger partial charge in [0.05, 0.1) is 19.8 Å². The molecule has 0 spiro atoms. The Bertz CT molecular complexity index is 737. The lowest BCUT2D eigenvalue weighted by Gasteiger charge is -2.17. The molecule has 2 aromatic rings. The third-order valence-electron chi connectivity index (χ3n) is 3.76. The van der Waals surface area contributed by atoms with E-state index in [0.29, 0.717) is 60.6 Å². The van der Waals surface area contributed by atoms with Crippen molar-refractivity contribution in [3.63, 3.8) is 0 Å². The Kier molecular flexibility index (Phi) is 8.27. The summed E-state index contributed by atoms with van der Waals surface area (Å²) in [5, 5.41) is 3.61. The van der Waals surface area contributed by atoms with Gasteiger partial charge in [0.15, 0.2) is 11.5 Å². The van der Waals surface area contributed by atoms with Crippen molar-refractivity contribution in [2.45, 2.75) is 27.2 Å². The van der Waals surface area contributed by atoms with Crippen molar-refractivity contribution in [3.8, 4) is 17.2 Å². The maximum absolute atomic E-state index is 12.6. The second kappa shape index (κ2) is 10.7. The molecule has 2 aromatic carbocycles. The van der Waals surface area contributed by atoms with E-state index in [0.717, 1.165) is 5.56 Å². The van der Waals surface area contributed by atoms with E-state index in [9.17, 15) is 4.79 Å². The molecular weight excluding hydrogens is 366 g/mol. The summed E-state index contributed by atoms with van der Waals surface area (Å²) in [6, 6.07) is 11.0. The minimum atomic E-state index is -0.193. The summed E-state index contributed by atoms with van der Waals surface area (Å²) in [5.41, 5.74) is 1.54. The number of carbonyl (C=O) groups is 1. The van der Waals surface area contributed by atoms with Crippen molar-refractivity contribution in [3.05, 3.63) is 52.5 Å². The van der Waals surface area contributed by atoms with Crippen LogP contribution in [0.2, 0.25) is 5.02 Å². The van der Waals surface area contributed by atoms with Gasteiger partial charge in [0.1, 0.15) is 0 Å². The lowest BCUT2D eigenvalue weighted by molar-refractivity contribution is 0.0953. The van der Waals surface area contributed by atoms with E-state index in [1.54, 1.807) is 12.1 Å². The van der Waals surface area contributed by atoms with Crippen molar-refractivity contribution >= 4 is 17.5 Å². The molecule has 1 amide bonds. The molecule has 6 heteroatoms. The quantitative estimate of drug-likeness (QED) is 0.647. The molecule has 27 heavy (non-hydrogen) atoms. The van der Waals surface area contributed by atoms with Crippen LogP contribution in [0.15, 0.2) is 36.4 Å². The average molecular weight is 392 g/mol. The minimum absolute atomic E-state index is 0.193. The number of amides is 1. The second-order valence-electron chi connectivity index (χ2n) is 5.74. The third kappa shape index (κ3) is 6.07.